The van der Waals surface area contributed by atoms with Crippen molar-refractivity contribution in [3.63, 3.8) is 0 Å². The van der Waals surface area contributed by atoms with Gasteiger partial charge in [0, 0.05) is 55.8 Å². The molecule has 2 aliphatic rings. The van der Waals surface area contributed by atoms with E-state index in [1.165, 1.54) is 23.0 Å². The number of carbonyl (C=O) groups is 2. The van der Waals surface area contributed by atoms with Gasteiger partial charge >= 0.3 is 6.18 Å². The Balaban J connectivity index is 1.29. The van der Waals surface area contributed by atoms with Crippen molar-refractivity contribution in [2.45, 2.75) is 37.9 Å². The molecular formula is C31H26F5N5O2. The molecule has 2 aliphatic heterocycles. The van der Waals surface area contributed by atoms with Crippen molar-refractivity contribution in [1.29, 1.82) is 0 Å². The number of carbonyl (C=O) groups excluding carboxylic acids is 2. The van der Waals surface area contributed by atoms with Gasteiger partial charge in [-0.15, -0.1) is 0 Å². The molecule has 1 spiro atoms. The Morgan fingerprint density at radius 2 is 1.67 bits per heavy atom. The molecule has 43 heavy (non-hydrogen) atoms. The molecule has 0 unspecified atom stereocenters. The molecule has 222 valence electrons. The number of nitrogens with zero attached hydrogens (tertiary/aromatic N) is 5. The van der Waals surface area contributed by atoms with Gasteiger partial charge in [-0.2, -0.15) is 18.3 Å². The number of hydrogen-bond donors (Lipinski definition) is 0. The minimum Gasteiger partial charge on any atom is -0.358 e. The lowest BCUT2D eigenvalue weighted by Gasteiger charge is -2.44. The summed E-state index contributed by atoms with van der Waals surface area (Å²) in [5.41, 5.74) is -0.0980. The van der Waals surface area contributed by atoms with Gasteiger partial charge in [-0.25, -0.2) is 13.5 Å². The molecule has 12 heteroatoms. The van der Waals surface area contributed by atoms with Crippen LogP contribution in [0.4, 0.5) is 27.6 Å². The SMILES string of the molecule is Cc1cc(N2CCC(=O)C23CCN(C(=O)c2cc(-c4cccnc4)n(-c4ccc(C(F)(F)F)c(F)c4)n2)CC3)ccc1F. The summed E-state index contributed by atoms with van der Waals surface area (Å²) < 4.78 is 69.2. The molecule has 2 saturated heterocycles. The number of halogens is 5. The second-order valence-corrected chi connectivity index (χ2v) is 10.8. The Morgan fingerprint density at radius 1 is 0.930 bits per heavy atom. The van der Waals surface area contributed by atoms with Crippen molar-refractivity contribution in [3.05, 3.63) is 95.4 Å². The minimum atomic E-state index is -4.86. The van der Waals surface area contributed by atoms with E-state index in [0.717, 1.165) is 17.8 Å². The Morgan fingerprint density at radius 3 is 2.33 bits per heavy atom. The number of benzene rings is 2. The van der Waals surface area contributed by atoms with E-state index in [9.17, 15) is 31.5 Å². The Kier molecular flexibility index (Phi) is 7.02. The highest BCUT2D eigenvalue weighted by atomic mass is 19.4. The molecule has 1 amide bonds. The number of likely N-dealkylation sites (tertiary alicyclic amines) is 1. The van der Waals surface area contributed by atoms with Crippen molar-refractivity contribution in [1.82, 2.24) is 19.7 Å². The molecule has 2 aromatic carbocycles. The predicted molar refractivity (Wildman–Crippen MR) is 148 cm³/mol. The second-order valence-electron chi connectivity index (χ2n) is 10.8. The van der Waals surface area contributed by atoms with E-state index >= 15 is 0 Å². The second kappa shape index (κ2) is 10.6. The highest BCUT2D eigenvalue weighted by Gasteiger charge is 2.50. The van der Waals surface area contributed by atoms with Gasteiger partial charge in [0.15, 0.2) is 11.5 Å². The predicted octanol–water partition coefficient (Wildman–Crippen LogP) is 5.99. The fraction of sp³-hybridized carbons (Fsp3) is 0.290. The van der Waals surface area contributed by atoms with E-state index in [2.05, 4.69) is 10.1 Å². The first-order valence-corrected chi connectivity index (χ1v) is 13.7. The topological polar surface area (TPSA) is 71.3 Å². The molecule has 6 rings (SSSR count). The van der Waals surface area contributed by atoms with E-state index in [-0.39, 0.29) is 36.1 Å². The number of anilines is 1. The lowest BCUT2D eigenvalue weighted by molar-refractivity contribution is -0.140. The number of aryl methyl sites for hydroxylation is 1. The first kappa shape index (κ1) is 28.5. The van der Waals surface area contributed by atoms with Crippen molar-refractivity contribution < 1.29 is 31.5 Å². The molecule has 0 atom stereocenters. The van der Waals surface area contributed by atoms with Gasteiger partial charge in [-0.05, 0) is 73.9 Å². The highest BCUT2D eigenvalue weighted by Crippen LogP contribution is 2.40. The quantitative estimate of drug-likeness (QED) is 0.271. The summed E-state index contributed by atoms with van der Waals surface area (Å²) in [7, 11) is 0. The van der Waals surface area contributed by atoms with E-state index in [1.54, 1.807) is 42.3 Å². The molecule has 2 aromatic heterocycles. The van der Waals surface area contributed by atoms with E-state index < -0.39 is 29.0 Å². The summed E-state index contributed by atoms with van der Waals surface area (Å²) in [5.74, 6) is -2.14. The fourth-order valence-corrected chi connectivity index (χ4v) is 6.04. The summed E-state index contributed by atoms with van der Waals surface area (Å²) in [6.45, 7) is 2.68. The number of amides is 1. The summed E-state index contributed by atoms with van der Waals surface area (Å²) in [6, 6.07) is 12.1. The van der Waals surface area contributed by atoms with Gasteiger partial charge in [0.1, 0.15) is 17.2 Å². The zero-order chi connectivity index (χ0) is 30.5. The van der Waals surface area contributed by atoms with Crippen LogP contribution in [0.3, 0.4) is 0 Å². The number of pyridine rings is 1. The van der Waals surface area contributed by atoms with Crippen LogP contribution in [0.5, 0.6) is 0 Å². The molecule has 0 aliphatic carbocycles. The van der Waals surface area contributed by atoms with Crippen LogP contribution in [0, 0.1) is 18.6 Å². The van der Waals surface area contributed by atoms with Gasteiger partial charge in [0.2, 0.25) is 0 Å². The normalized spacial score (nSPS) is 16.7. The maximum atomic E-state index is 14.5. The largest absolute Gasteiger partial charge is 0.419 e. The number of alkyl halides is 3. The molecular weight excluding hydrogens is 569 g/mol. The molecule has 4 aromatic rings. The van der Waals surface area contributed by atoms with Crippen LogP contribution in [0.1, 0.15) is 40.9 Å². The molecule has 7 nitrogen and oxygen atoms in total. The van der Waals surface area contributed by atoms with Crippen LogP contribution >= 0.6 is 0 Å². The first-order valence-electron chi connectivity index (χ1n) is 13.7. The van der Waals surface area contributed by atoms with Gasteiger partial charge < -0.3 is 9.80 Å². The van der Waals surface area contributed by atoms with Gasteiger partial charge in [0.25, 0.3) is 5.91 Å². The van der Waals surface area contributed by atoms with Gasteiger partial charge in [-0.1, -0.05) is 0 Å². The lowest BCUT2D eigenvalue weighted by Crippen LogP contribution is -2.56. The number of rotatable bonds is 4. The summed E-state index contributed by atoms with van der Waals surface area (Å²) in [4.78, 5) is 34.5. The zero-order valence-electron chi connectivity index (χ0n) is 23.0. The number of piperidine rings is 1. The summed E-state index contributed by atoms with van der Waals surface area (Å²) >= 11 is 0. The number of ketones is 1. The molecule has 0 bridgehead atoms. The Labute approximate surface area is 243 Å². The average Bonchev–Trinajstić information content (AvgIpc) is 3.56. The van der Waals surface area contributed by atoms with Crippen molar-refractivity contribution in [2.75, 3.05) is 24.5 Å². The van der Waals surface area contributed by atoms with E-state index in [0.29, 0.717) is 48.7 Å². The molecule has 0 radical (unpaired) electrons. The molecule has 0 saturated carbocycles. The third kappa shape index (κ3) is 5.04. The van der Waals surface area contributed by atoms with E-state index in [4.69, 9.17) is 0 Å². The van der Waals surface area contributed by atoms with Gasteiger partial charge in [0.05, 0.1) is 16.9 Å². The minimum absolute atomic E-state index is 0.00258. The van der Waals surface area contributed by atoms with Crippen molar-refractivity contribution in [2.24, 2.45) is 0 Å². The summed E-state index contributed by atoms with van der Waals surface area (Å²) in [6.07, 6.45) is -0.726. The van der Waals surface area contributed by atoms with Crippen molar-refractivity contribution in [3.8, 4) is 16.9 Å². The van der Waals surface area contributed by atoms with Crippen LogP contribution in [0.2, 0.25) is 0 Å². The van der Waals surface area contributed by atoms with Crippen LogP contribution < -0.4 is 4.90 Å². The zero-order valence-corrected chi connectivity index (χ0v) is 23.0. The fourth-order valence-electron chi connectivity index (χ4n) is 6.04. The highest BCUT2D eigenvalue weighted by molar-refractivity contribution is 5.97. The molecule has 2 fully saturated rings. The first-order chi connectivity index (χ1) is 20.5. The molecule has 0 N–H and O–H groups in total. The van der Waals surface area contributed by atoms with Gasteiger partial charge in [-0.3, -0.25) is 14.6 Å². The smallest absolute Gasteiger partial charge is 0.358 e. The van der Waals surface area contributed by atoms with Crippen LogP contribution in [-0.2, 0) is 11.0 Å². The molecule has 4 heterocycles. The number of aromatic nitrogens is 3. The Bertz CT molecular complexity index is 1710. The standard InChI is InChI=1S/C31H26F5N5O2/c1-19-15-21(5-7-24(19)32)40-12-8-28(42)30(40)9-13-39(14-10-30)29(43)26-17-27(20-3-2-11-37-18-20)41(38-26)22-4-6-23(25(33)16-22)31(34,35)36/h2-7,11,15-18H,8-10,12-14H2,1H3. The third-order valence-corrected chi connectivity index (χ3v) is 8.32. The maximum Gasteiger partial charge on any atom is 0.419 e. The third-order valence-electron chi connectivity index (χ3n) is 8.32. The Hall–Kier alpha value is -4.61. The summed E-state index contributed by atoms with van der Waals surface area (Å²) in [5, 5.41) is 4.39. The average molecular weight is 596 g/mol. The van der Waals surface area contributed by atoms with E-state index in [1.807, 2.05) is 4.90 Å². The van der Waals surface area contributed by atoms with Crippen molar-refractivity contribution >= 4 is 17.4 Å². The maximum absolute atomic E-state index is 14.5. The lowest BCUT2D eigenvalue weighted by atomic mass is 9.83. The monoisotopic (exact) mass is 595 g/mol. The number of hydrogen-bond acceptors (Lipinski definition) is 5. The van der Waals surface area contributed by atoms with Crippen LogP contribution in [-0.4, -0.2) is 56.5 Å². The number of Topliss-reactive ketones (excluding diaryl/α,β-unsaturated/α-hetero) is 1. The van der Waals surface area contributed by atoms with Crippen LogP contribution in [0.15, 0.2) is 67.0 Å². The van der Waals surface area contributed by atoms with Crippen LogP contribution in [0.25, 0.3) is 16.9 Å².